The summed E-state index contributed by atoms with van der Waals surface area (Å²) in [5, 5.41) is 1.13. The molecule has 1 heterocycles. The average molecular weight is 362 g/mol. The number of nitrogens with zero attached hydrogens (tertiary/aromatic N) is 2. The fraction of sp³-hybridized carbons (Fsp3) is 0.0476. The quantitative estimate of drug-likeness (QED) is 0.386. The van der Waals surface area contributed by atoms with Crippen molar-refractivity contribution in [1.29, 1.82) is 0 Å². The first-order chi connectivity index (χ1) is 12.7. The van der Waals surface area contributed by atoms with Crippen LogP contribution in [0.2, 0.25) is 0 Å². The molecule has 0 aliphatic rings. The molecule has 0 fully saturated rings. The maximum atomic E-state index is 13.3. The molecule has 0 bridgehead atoms. The topological polar surface area (TPSA) is 34.9 Å². The van der Waals surface area contributed by atoms with Crippen LogP contribution in [0.15, 0.2) is 88.8 Å². The van der Waals surface area contributed by atoms with Crippen LogP contribution in [0.5, 0.6) is 0 Å². The molecule has 0 atom stereocenters. The summed E-state index contributed by atoms with van der Waals surface area (Å²) in [6.07, 6.45) is 0. The zero-order valence-corrected chi connectivity index (χ0v) is 14.6. The highest BCUT2D eigenvalue weighted by Crippen LogP contribution is 2.24. The fourth-order valence-electron chi connectivity index (χ4n) is 2.75. The Balaban J connectivity index is 1.85. The zero-order valence-electron chi connectivity index (χ0n) is 13.8. The number of aromatic nitrogens is 2. The van der Waals surface area contributed by atoms with Crippen LogP contribution in [0, 0.1) is 5.82 Å². The van der Waals surface area contributed by atoms with E-state index in [1.165, 1.54) is 23.9 Å². The van der Waals surface area contributed by atoms with Gasteiger partial charge in [0.25, 0.3) is 5.56 Å². The summed E-state index contributed by atoms with van der Waals surface area (Å²) in [6.45, 7) is 0. The summed E-state index contributed by atoms with van der Waals surface area (Å²) in [6, 6.07) is 23.2. The maximum Gasteiger partial charge on any atom is 0.266 e. The van der Waals surface area contributed by atoms with Gasteiger partial charge in [0, 0.05) is 5.75 Å². The van der Waals surface area contributed by atoms with E-state index in [1.807, 2.05) is 48.5 Å². The van der Waals surface area contributed by atoms with Gasteiger partial charge in [-0.05, 0) is 42.0 Å². The van der Waals surface area contributed by atoms with Crippen LogP contribution < -0.4 is 5.56 Å². The molecule has 4 rings (SSSR count). The van der Waals surface area contributed by atoms with E-state index in [9.17, 15) is 9.18 Å². The normalized spacial score (nSPS) is 11.0. The van der Waals surface area contributed by atoms with E-state index in [2.05, 4.69) is 4.98 Å². The van der Waals surface area contributed by atoms with Crippen molar-refractivity contribution in [2.24, 2.45) is 0 Å². The minimum atomic E-state index is -0.339. The molecular formula is C21H15FN2OS. The lowest BCUT2D eigenvalue weighted by Crippen LogP contribution is -2.21. The Morgan fingerprint density at radius 3 is 2.35 bits per heavy atom. The highest BCUT2D eigenvalue weighted by Gasteiger charge is 2.13. The lowest BCUT2D eigenvalue weighted by Gasteiger charge is -2.13. The van der Waals surface area contributed by atoms with Crippen molar-refractivity contribution >= 4 is 22.7 Å². The molecule has 0 amide bonds. The summed E-state index contributed by atoms with van der Waals surface area (Å²) >= 11 is 1.49. The van der Waals surface area contributed by atoms with E-state index in [0.29, 0.717) is 27.5 Å². The first-order valence-corrected chi connectivity index (χ1v) is 9.15. The van der Waals surface area contributed by atoms with Gasteiger partial charge in [0.15, 0.2) is 5.16 Å². The molecule has 0 aliphatic carbocycles. The largest absolute Gasteiger partial charge is 0.268 e. The number of benzene rings is 3. The fourth-order valence-corrected chi connectivity index (χ4v) is 3.72. The van der Waals surface area contributed by atoms with Gasteiger partial charge in [-0.25, -0.2) is 9.37 Å². The molecule has 3 aromatic carbocycles. The molecule has 0 saturated carbocycles. The van der Waals surface area contributed by atoms with E-state index >= 15 is 0 Å². The van der Waals surface area contributed by atoms with Gasteiger partial charge >= 0.3 is 0 Å². The van der Waals surface area contributed by atoms with Crippen molar-refractivity contribution in [2.45, 2.75) is 10.9 Å². The Bertz CT molecular complexity index is 1110. The monoisotopic (exact) mass is 362 g/mol. The van der Waals surface area contributed by atoms with Gasteiger partial charge in [0.05, 0.1) is 16.6 Å². The van der Waals surface area contributed by atoms with Crippen LogP contribution in [0.25, 0.3) is 16.6 Å². The molecule has 128 valence electrons. The van der Waals surface area contributed by atoms with Crippen LogP contribution in [0.3, 0.4) is 0 Å². The second-order valence-corrected chi connectivity index (χ2v) is 6.75. The van der Waals surface area contributed by atoms with Crippen molar-refractivity contribution in [3.63, 3.8) is 0 Å². The minimum Gasteiger partial charge on any atom is -0.268 e. The van der Waals surface area contributed by atoms with E-state index in [0.717, 1.165) is 5.56 Å². The lowest BCUT2D eigenvalue weighted by atomic mass is 10.2. The predicted octanol–water partition coefficient (Wildman–Crippen LogP) is 4.82. The van der Waals surface area contributed by atoms with Gasteiger partial charge in [-0.15, -0.1) is 0 Å². The maximum absolute atomic E-state index is 13.3. The second-order valence-electron chi connectivity index (χ2n) is 5.80. The van der Waals surface area contributed by atoms with Crippen molar-refractivity contribution in [2.75, 3.05) is 0 Å². The van der Waals surface area contributed by atoms with Crippen molar-refractivity contribution in [1.82, 2.24) is 9.55 Å². The third-order valence-electron chi connectivity index (χ3n) is 4.04. The molecule has 3 nitrogen and oxygen atoms in total. The molecule has 4 aromatic rings. The smallest absolute Gasteiger partial charge is 0.266 e. The van der Waals surface area contributed by atoms with Gasteiger partial charge in [-0.3, -0.25) is 9.36 Å². The summed E-state index contributed by atoms with van der Waals surface area (Å²) in [5.41, 5.74) is 2.25. The highest BCUT2D eigenvalue weighted by molar-refractivity contribution is 7.98. The zero-order chi connectivity index (χ0) is 17.9. The number of rotatable bonds is 4. The standard InChI is InChI=1S/C21H15FN2OS/c22-16-10-12-17(13-11-16)24-20(25)18-8-4-5-9-19(18)23-21(24)26-14-15-6-2-1-3-7-15/h1-13H,14H2. The minimum absolute atomic E-state index is 0.155. The molecule has 0 spiro atoms. The number of para-hydroxylation sites is 1. The summed E-state index contributed by atoms with van der Waals surface area (Å²) in [4.78, 5) is 17.7. The molecule has 0 aliphatic heterocycles. The Hall–Kier alpha value is -2.92. The first kappa shape index (κ1) is 16.5. The third-order valence-corrected chi connectivity index (χ3v) is 5.05. The lowest BCUT2D eigenvalue weighted by molar-refractivity contribution is 0.627. The van der Waals surface area contributed by atoms with Crippen LogP contribution in [0.4, 0.5) is 4.39 Å². The van der Waals surface area contributed by atoms with E-state index in [4.69, 9.17) is 0 Å². The third kappa shape index (κ3) is 3.26. The van der Waals surface area contributed by atoms with Crippen LogP contribution >= 0.6 is 11.8 Å². The molecule has 0 unspecified atom stereocenters. The van der Waals surface area contributed by atoms with Crippen molar-refractivity contribution in [3.8, 4) is 5.69 Å². The summed E-state index contributed by atoms with van der Waals surface area (Å²) in [5.74, 6) is 0.348. The molecule has 1 aromatic heterocycles. The van der Waals surface area contributed by atoms with Crippen LogP contribution in [-0.2, 0) is 5.75 Å². The molecular weight excluding hydrogens is 347 g/mol. The SMILES string of the molecule is O=c1c2ccccc2nc(SCc2ccccc2)n1-c1ccc(F)cc1. The van der Waals surface area contributed by atoms with Crippen molar-refractivity contribution < 1.29 is 4.39 Å². The molecule has 0 radical (unpaired) electrons. The van der Waals surface area contributed by atoms with E-state index in [-0.39, 0.29) is 11.4 Å². The Kier molecular flexibility index (Phi) is 4.54. The second kappa shape index (κ2) is 7.14. The number of hydrogen-bond donors (Lipinski definition) is 0. The molecule has 0 N–H and O–H groups in total. The molecule has 5 heteroatoms. The van der Waals surface area contributed by atoms with Gasteiger partial charge in [-0.1, -0.05) is 54.2 Å². The Labute approximate surface area is 154 Å². The number of halogens is 1. The molecule has 26 heavy (non-hydrogen) atoms. The number of thioether (sulfide) groups is 1. The first-order valence-electron chi connectivity index (χ1n) is 8.17. The van der Waals surface area contributed by atoms with Gasteiger partial charge in [-0.2, -0.15) is 0 Å². The molecule has 0 saturated heterocycles. The van der Waals surface area contributed by atoms with Gasteiger partial charge in [0.1, 0.15) is 5.82 Å². The van der Waals surface area contributed by atoms with Crippen LogP contribution in [0.1, 0.15) is 5.56 Å². The predicted molar refractivity (Wildman–Crippen MR) is 103 cm³/mol. The average Bonchev–Trinajstić information content (AvgIpc) is 2.68. The summed E-state index contributed by atoms with van der Waals surface area (Å²) < 4.78 is 14.9. The summed E-state index contributed by atoms with van der Waals surface area (Å²) in [7, 11) is 0. The van der Waals surface area contributed by atoms with E-state index in [1.54, 1.807) is 22.8 Å². The number of fused-ring (bicyclic) bond motifs is 1. The Morgan fingerprint density at radius 2 is 1.58 bits per heavy atom. The highest BCUT2D eigenvalue weighted by atomic mass is 32.2. The van der Waals surface area contributed by atoms with E-state index < -0.39 is 0 Å². The van der Waals surface area contributed by atoms with Crippen LogP contribution in [-0.4, -0.2) is 9.55 Å². The van der Waals surface area contributed by atoms with Gasteiger partial charge < -0.3 is 0 Å². The number of hydrogen-bond acceptors (Lipinski definition) is 3. The Morgan fingerprint density at radius 1 is 0.885 bits per heavy atom. The van der Waals surface area contributed by atoms with Crippen molar-refractivity contribution in [3.05, 3.63) is 101 Å². The van der Waals surface area contributed by atoms with Gasteiger partial charge in [0.2, 0.25) is 0 Å².